The van der Waals surface area contributed by atoms with Crippen LogP contribution < -0.4 is 5.32 Å². The van der Waals surface area contributed by atoms with E-state index in [2.05, 4.69) is 12.2 Å². The molecule has 0 saturated carbocycles. The van der Waals surface area contributed by atoms with Crippen LogP contribution in [0, 0.1) is 0 Å². The lowest BCUT2D eigenvalue weighted by Gasteiger charge is -2.15. The van der Waals surface area contributed by atoms with Crippen LogP contribution in [0.4, 0.5) is 5.69 Å². The summed E-state index contributed by atoms with van der Waals surface area (Å²) < 4.78 is 4.90. The molecule has 1 aromatic rings. The number of nitrogens with one attached hydrogen (secondary N) is 1. The van der Waals surface area contributed by atoms with Crippen molar-refractivity contribution in [2.45, 2.75) is 38.1 Å². The van der Waals surface area contributed by atoms with E-state index in [-0.39, 0.29) is 11.9 Å². The van der Waals surface area contributed by atoms with Gasteiger partial charge in [-0.1, -0.05) is 25.1 Å². The lowest BCUT2D eigenvalue weighted by Crippen LogP contribution is -2.16. The largest absolute Gasteiger partial charge is 0.469 e. The highest BCUT2D eigenvalue weighted by atomic mass is 16.5. The SMILES string of the molecule is CC[C@H]1CC[C@H](C(=O)OC)c2ccccc2N1. The van der Waals surface area contributed by atoms with E-state index in [0.29, 0.717) is 6.04 Å². The van der Waals surface area contributed by atoms with Crippen LogP contribution in [0.25, 0.3) is 0 Å². The molecular weight excluding hydrogens is 214 g/mol. The van der Waals surface area contributed by atoms with Crippen molar-refractivity contribution in [3.05, 3.63) is 29.8 Å². The molecule has 0 bridgehead atoms. The van der Waals surface area contributed by atoms with Gasteiger partial charge in [0.2, 0.25) is 0 Å². The molecule has 0 aromatic heterocycles. The Morgan fingerprint density at radius 2 is 2.18 bits per heavy atom. The molecule has 1 heterocycles. The van der Waals surface area contributed by atoms with E-state index in [0.717, 1.165) is 30.5 Å². The van der Waals surface area contributed by atoms with Gasteiger partial charge in [-0.15, -0.1) is 0 Å². The van der Waals surface area contributed by atoms with Crippen molar-refractivity contribution < 1.29 is 9.53 Å². The first-order valence-electron chi connectivity index (χ1n) is 6.19. The molecule has 3 heteroatoms. The van der Waals surface area contributed by atoms with Gasteiger partial charge in [-0.2, -0.15) is 0 Å². The number of benzene rings is 1. The molecule has 0 saturated heterocycles. The third-order valence-corrected chi connectivity index (χ3v) is 3.48. The predicted octanol–water partition coefficient (Wildman–Crippen LogP) is 2.93. The zero-order chi connectivity index (χ0) is 12.3. The van der Waals surface area contributed by atoms with Crippen molar-refractivity contribution in [1.29, 1.82) is 0 Å². The normalized spacial score (nSPS) is 23.2. The Labute approximate surface area is 102 Å². The smallest absolute Gasteiger partial charge is 0.313 e. The van der Waals surface area contributed by atoms with Gasteiger partial charge in [0.25, 0.3) is 0 Å². The molecule has 0 unspecified atom stereocenters. The van der Waals surface area contributed by atoms with E-state index in [9.17, 15) is 4.79 Å². The molecule has 2 rings (SSSR count). The van der Waals surface area contributed by atoms with E-state index >= 15 is 0 Å². The van der Waals surface area contributed by atoms with Crippen LogP contribution in [-0.4, -0.2) is 19.1 Å². The molecule has 0 radical (unpaired) electrons. The van der Waals surface area contributed by atoms with Gasteiger partial charge in [-0.05, 0) is 30.9 Å². The number of para-hydroxylation sites is 1. The fraction of sp³-hybridized carbons (Fsp3) is 0.500. The minimum Gasteiger partial charge on any atom is -0.469 e. The first-order chi connectivity index (χ1) is 8.26. The second kappa shape index (κ2) is 5.21. The van der Waals surface area contributed by atoms with Gasteiger partial charge in [-0.3, -0.25) is 4.79 Å². The van der Waals surface area contributed by atoms with Gasteiger partial charge in [0.05, 0.1) is 13.0 Å². The zero-order valence-corrected chi connectivity index (χ0v) is 10.4. The lowest BCUT2D eigenvalue weighted by molar-refractivity contribution is -0.142. The number of methoxy groups -OCH3 is 1. The minimum atomic E-state index is -0.129. The maximum Gasteiger partial charge on any atom is 0.313 e. The van der Waals surface area contributed by atoms with Crippen LogP contribution in [0.5, 0.6) is 0 Å². The molecule has 17 heavy (non-hydrogen) atoms. The number of hydrogen-bond donors (Lipinski definition) is 1. The van der Waals surface area contributed by atoms with Crippen LogP contribution in [0.1, 0.15) is 37.7 Å². The van der Waals surface area contributed by atoms with Crippen LogP contribution in [0.15, 0.2) is 24.3 Å². The van der Waals surface area contributed by atoms with Gasteiger partial charge in [0, 0.05) is 11.7 Å². The standard InChI is InChI=1S/C14H19NO2/c1-3-10-8-9-12(14(16)17-2)11-6-4-5-7-13(11)15-10/h4-7,10,12,15H,3,8-9H2,1-2H3/t10-,12-/m0/s1. The summed E-state index contributed by atoms with van der Waals surface area (Å²) in [5.41, 5.74) is 2.14. The number of esters is 1. The van der Waals surface area contributed by atoms with Crippen molar-refractivity contribution in [3.8, 4) is 0 Å². The number of rotatable bonds is 2. The number of ether oxygens (including phenoxy) is 1. The van der Waals surface area contributed by atoms with Crippen molar-refractivity contribution in [3.63, 3.8) is 0 Å². The first-order valence-corrected chi connectivity index (χ1v) is 6.19. The highest BCUT2D eigenvalue weighted by molar-refractivity contribution is 5.81. The highest BCUT2D eigenvalue weighted by Gasteiger charge is 2.28. The lowest BCUT2D eigenvalue weighted by atomic mass is 9.93. The van der Waals surface area contributed by atoms with Gasteiger partial charge in [0.15, 0.2) is 0 Å². The minimum absolute atomic E-state index is 0.125. The van der Waals surface area contributed by atoms with Gasteiger partial charge in [0.1, 0.15) is 0 Å². The molecule has 1 N–H and O–H groups in total. The van der Waals surface area contributed by atoms with Crippen LogP contribution in [0.3, 0.4) is 0 Å². The van der Waals surface area contributed by atoms with E-state index in [1.54, 1.807) is 0 Å². The van der Waals surface area contributed by atoms with Crippen molar-refractivity contribution in [1.82, 2.24) is 0 Å². The Morgan fingerprint density at radius 3 is 2.88 bits per heavy atom. The first kappa shape index (κ1) is 12.0. The second-order valence-corrected chi connectivity index (χ2v) is 4.49. The summed E-state index contributed by atoms with van der Waals surface area (Å²) in [5, 5.41) is 3.51. The molecule has 0 aliphatic carbocycles. The quantitative estimate of drug-likeness (QED) is 0.798. The van der Waals surface area contributed by atoms with Crippen LogP contribution in [0.2, 0.25) is 0 Å². The molecule has 0 spiro atoms. The monoisotopic (exact) mass is 233 g/mol. The molecule has 1 aliphatic heterocycles. The summed E-state index contributed by atoms with van der Waals surface area (Å²) in [5.74, 6) is -0.253. The summed E-state index contributed by atoms with van der Waals surface area (Å²) in [6.45, 7) is 2.17. The summed E-state index contributed by atoms with van der Waals surface area (Å²) in [7, 11) is 1.46. The average molecular weight is 233 g/mol. The van der Waals surface area contributed by atoms with Crippen molar-refractivity contribution in [2.75, 3.05) is 12.4 Å². The Bertz CT molecular complexity index is 403. The number of anilines is 1. The third-order valence-electron chi connectivity index (χ3n) is 3.48. The third kappa shape index (κ3) is 2.43. The molecular formula is C14H19NO2. The Kier molecular flexibility index (Phi) is 3.67. The maximum absolute atomic E-state index is 11.8. The predicted molar refractivity (Wildman–Crippen MR) is 68.1 cm³/mol. The summed E-state index contributed by atoms with van der Waals surface area (Å²) in [6, 6.07) is 8.48. The van der Waals surface area contributed by atoms with Crippen LogP contribution >= 0.6 is 0 Å². The summed E-state index contributed by atoms with van der Waals surface area (Å²) in [6.07, 6.45) is 2.93. The molecule has 0 fully saturated rings. The second-order valence-electron chi connectivity index (χ2n) is 4.49. The molecule has 1 aromatic carbocycles. The Hall–Kier alpha value is -1.51. The molecule has 3 nitrogen and oxygen atoms in total. The molecule has 92 valence electrons. The van der Waals surface area contributed by atoms with Gasteiger partial charge >= 0.3 is 5.97 Å². The summed E-state index contributed by atoms with van der Waals surface area (Å²) >= 11 is 0. The zero-order valence-electron chi connectivity index (χ0n) is 10.4. The van der Waals surface area contributed by atoms with E-state index in [4.69, 9.17) is 4.74 Å². The maximum atomic E-state index is 11.8. The highest BCUT2D eigenvalue weighted by Crippen LogP contribution is 2.34. The average Bonchev–Trinajstić information content (AvgIpc) is 2.56. The number of carbonyl (C=O) groups excluding carboxylic acids is 1. The van der Waals surface area contributed by atoms with Crippen molar-refractivity contribution in [2.24, 2.45) is 0 Å². The van der Waals surface area contributed by atoms with Gasteiger partial charge < -0.3 is 10.1 Å². The van der Waals surface area contributed by atoms with Crippen molar-refractivity contribution >= 4 is 11.7 Å². The topological polar surface area (TPSA) is 38.3 Å². The van der Waals surface area contributed by atoms with E-state index < -0.39 is 0 Å². The van der Waals surface area contributed by atoms with E-state index in [1.165, 1.54) is 7.11 Å². The number of hydrogen-bond acceptors (Lipinski definition) is 3. The molecule has 1 aliphatic rings. The number of fused-ring (bicyclic) bond motifs is 1. The number of carbonyl (C=O) groups is 1. The molecule has 2 atom stereocenters. The van der Waals surface area contributed by atoms with E-state index in [1.807, 2.05) is 24.3 Å². The summed E-state index contributed by atoms with van der Waals surface area (Å²) in [4.78, 5) is 11.8. The van der Waals surface area contributed by atoms with Gasteiger partial charge in [-0.25, -0.2) is 0 Å². The Balaban J connectivity index is 2.35. The fourth-order valence-corrected chi connectivity index (χ4v) is 2.44. The Morgan fingerprint density at radius 1 is 1.41 bits per heavy atom. The fourth-order valence-electron chi connectivity index (χ4n) is 2.44. The molecule has 0 amide bonds. The van der Waals surface area contributed by atoms with Crippen LogP contribution in [-0.2, 0) is 9.53 Å².